The van der Waals surface area contributed by atoms with Crippen molar-refractivity contribution in [3.63, 3.8) is 0 Å². The van der Waals surface area contributed by atoms with Crippen molar-refractivity contribution in [2.24, 2.45) is 5.10 Å². The molecule has 2 aromatic carbocycles. The van der Waals surface area contributed by atoms with E-state index in [-0.39, 0.29) is 12.5 Å². The zero-order chi connectivity index (χ0) is 17.4. The van der Waals surface area contributed by atoms with Crippen LogP contribution < -0.4 is 20.2 Å². The van der Waals surface area contributed by atoms with E-state index in [0.717, 1.165) is 15.7 Å². The summed E-state index contributed by atoms with van der Waals surface area (Å²) in [7, 11) is 3.15. The Morgan fingerprint density at radius 2 is 1.92 bits per heavy atom. The fourth-order valence-corrected chi connectivity index (χ4v) is 2.15. The molecule has 0 aliphatic carbocycles. The second kappa shape index (κ2) is 8.93. The number of amides is 1. The fourth-order valence-electron chi connectivity index (χ4n) is 1.89. The number of carbonyl (C=O) groups is 1. The maximum Gasteiger partial charge on any atom is 0.259 e. The highest BCUT2D eigenvalue weighted by Gasteiger charge is 2.03. The lowest BCUT2D eigenvalue weighted by molar-refractivity contribution is -0.119. The number of anilines is 1. The van der Waals surface area contributed by atoms with Gasteiger partial charge in [-0.1, -0.05) is 15.9 Å². The van der Waals surface area contributed by atoms with E-state index in [9.17, 15) is 4.79 Å². The van der Waals surface area contributed by atoms with Gasteiger partial charge in [0.2, 0.25) is 0 Å². The minimum atomic E-state index is -0.248. The van der Waals surface area contributed by atoms with Gasteiger partial charge in [0, 0.05) is 21.8 Å². The van der Waals surface area contributed by atoms with Gasteiger partial charge in [0.15, 0.2) is 0 Å². The summed E-state index contributed by atoms with van der Waals surface area (Å²) < 4.78 is 11.4. The number of hydrogen-bond acceptors (Lipinski definition) is 5. The third-order valence-corrected chi connectivity index (χ3v) is 3.66. The van der Waals surface area contributed by atoms with E-state index in [2.05, 4.69) is 31.8 Å². The van der Waals surface area contributed by atoms with Gasteiger partial charge in [-0.3, -0.25) is 4.79 Å². The van der Waals surface area contributed by atoms with Crippen molar-refractivity contribution in [2.45, 2.75) is 0 Å². The lowest BCUT2D eigenvalue weighted by atomic mass is 10.2. The molecule has 1 amide bonds. The average molecular weight is 392 g/mol. The number of hydrogen-bond donors (Lipinski definition) is 2. The number of rotatable bonds is 7. The van der Waals surface area contributed by atoms with Crippen LogP contribution in [0.2, 0.25) is 0 Å². The number of carbonyl (C=O) groups excluding carboxylic acids is 1. The van der Waals surface area contributed by atoms with Crippen LogP contribution >= 0.6 is 15.9 Å². The third-order valence-electron chi connectivity index (χ3n) is 3.13. The third kappa shape index (κ3) is 5.27. The summed E-state index contributed by atoms with van der Waals surface area (Å²) in [5.74, 6) is 1.05. The monoisotopic (exact) mass is 391 g/mol. The molecule has 0 aromatic heterocycles. The Morgan fingerprint density at radius 1 is 1.17 bits per heavy atom. The van der Waals surface area contributed by atoms with Gasteiger partial charge in [0.05, 0.1) is 27.0 Å². The van der Waals surface area contributed by atoms with Crippen LogP contribution in [0.4, 0.5) is 5.69 Å². The molecular formula is C17H18BrN3O3. The van der Waals surface area contributed by atoms with Gasteiger partial charge in [-0.2, -0.15) is 5.10 Å². The molecular weight excluding hydrogens is 374 g/mol. The Kier molecular flexibility index (Phi) is 6.62. The molecule has 0 saturated heterocycles. The molecule has 0 aliphatic rings. The molecule has 0 radical (unpaired) electrons. The first-order valence-electron chi connectivity index (χ1n) is 7.15. The number of halogens is 1. The van der Waals surface area contributed by atoms with Crippen LogP contribution in [0.1, 0.15) is 5.56 Å². The molecule has 0 unspecified atom stereocenters. The second-order valence-electron chi connectivity index (χ2n) is 4.76. The van der Waals surface area contributed by atoms with Crippen molar-refractivity contribution >= 4 is 33.7 Å². The summed E-state index contributed by atoms with van der Waals surface area (Å²) in [6.07, 6.45) is 1.52. The maximum absolute atomic E-state index is 11.8. The summed E-state index contributed by atoms with van der Waals surface area (Å²) in [6, 6.07) is 12.9. The molecule has 2 aromatic rings. The first-order chi connectivity index (χ1) is 11.6. The molecule has 7 heteroatoms. The first kappa shape index (κ1) is 17.8. The number of benzene rings is 2. The highest BCUT2D eigenvalue weighted by Crippen LogP contribution is 2.22. The van der Waals surface area contributed by atoms with E-state index in [1.807, 2.05) is 24.3 Å². The Balaban J connectivity index is 1.86. The summed E-state index contributed by atoms with van der Waals surface area (Å²) in [5.41, 5.74) is 4.06. The number of nitrogens with zero attached hydrogens (tertiary/aromatic N) is 1. The SMILES string of the molecule is COc1ccc(/C=N/NC(=O)CNc2ccc(Br)cc2)c(OC)c1. The quantitative estimate of drug-likeness (QED) is 0.561. The molecule has 0 aliphatic heterocycles. The maximum atomic E-state index is 11.8. The number of ether oxygens (including phenoxy) is 2. The lowest BCUT2D eigenvalue weighted by Gasteiger charge is -2.07. The number of nitrogens with one attached hydrogen (secondary N) is 2. The molecule has 6 nitrogen and oxygen atoms in total. The molecule has 0 spiro atoms. The lowest BCUT2D eigenvalue weighted by Crippen LogP contribution is -2.25. The molecule has 2 rings (SSSR count). The summed E-state index contributed by atoms with van der Waals surface area (Å²) in [5, 5.41) is 6.95. The Hall–Kier alpha value is -2.54. The highest BCUT2D eigenvalue weighted by atomic mass is 79.9. The average Bonchev–Trinajstić information content (AvgIpc) is 2.61. The van der Waals surface area contributed by atoms with E-state index in [1.54, 1.807) is 32.4 Å². The zero-order valence-electron chi connectivity index (χ0n) is 13.4. The van der Waals surface area contributed by atoms with E-state index in [4.69, 9.17) is 9.47 Å². The van der Waals surface area contributed by atoms with E-state index < -0.39 is 0 Å². The van der Waals surface area contributed by atoms with Crippen molar-refractivity contribution in [1.29, 1.82) is 0 Å². The van der Waals surface area contributed by atoms with Gasteiger partial charge < -0.3 is 14.8 Å². The summed E-state index contributed by atoms with van der Waals surface area (Å²) in [6.45, 7) is 0.124. The van der Waals surface area contributed by atoms with Crippen LogP contribution in [-0.2, 0) is 4.79 Å². The summed E-state index contributed by atoms with van der Waals surface area (Å²) >= 11 is 3.36. The van der Waals surface area contributed by atoms with E-state index in [1.165, 1.54) is 6.21 Å². The zero-order valence-corrected chi connectivity index (χ0v) is 15.0. The standard InChI is InChI=1S/C17H18BrN3O3/c1-23-15-8-3-12(16(9-15)24-2)10-20-21-17(22)11-19-14-6-4-13(18)5-7-14/h3-10,19H,11H2,1-2H3,(H,21,22)/b20-10+. The number of methoxy groups -OCH3 is 2. The van der Waals surface area contributed by atoms with Crippen molar-refractivity contribution in [1.82, 2.24) is 5.43 Å². The Bertz CT molecular complexity index is 718. The molecule has 0 bridgehead atoms. The van der Waals surface area contributed by atoms with Crippen LogP contribution in [0.15, 0.2) is 52.0 Å². The first-order valence-corrected chi connectivity index (χ1v) is 7.95. The van der Waals surface area contributed by atoms with Crippen molar-refractivity contribution in [3.8, 4) is 11.5 Å². The molecule has 0 heterocycles. The molecule has 0 saturated carbocycles. The Labute approximate surface area is 149 Å². The van der Waals surface area contributed by atoms with Crippen molar-refractivity contribution in [3.05, 3.63) is 52.5 Å². The van der Waals surface area contributed by atoms with Gasteiger partial charge in [-0.05, 0) is 36.4 Å². The van der Waals surface area contributed by atoms with E-state index in [0.29, 0.717) is 11.5 Å². The van der Waals surface area contributed by atoms with Gasteiger partial charge in [0.1, 0.15) is 11.5 Å². The number of hydrazone groups is 1. The molecule has 0 fully saturated rings. The van der Waals surface area contributed by atoms with E-state index >= 15 is 0 Å². The second-order valence-corrected chi connectivity index (χ2v) is 5.68. The highest BCUT2D eigenvalue weighted by molar-refractivity contribution is 9.10. The topological polar surface area (TPSA) is 72.0 Å². The largest absolute Gasteiger partial charge is 0.497 e. The van der Waals surface area contributed by atoms with Gasteiger partial charge >= 0.3 is 0 Å². The molecule has 24 heavy (non-hydrogen) atoms. The van der Waals surface area contributed by atoms with Crippen molar-refractivity contribution in [2.75, 3.05) is 26.1 Å². The van der Waals surface area contributed by atoms with Crippen LogP contribution in [-0.4, -0.2) is 32.9 Å². The minimum Gasteiger partial charge on any atom is -0.497 e. The molecule has 2 N–H and O–H groups in total. The van der Waals surface area contributed by atoms with Crippen molar-refractivity contribution < 1.29 is 14.3 Å². The fraction of sp³-hybridized carbons (Fsp3) is 0.176. The van der Waals surface area contributed by atoms with Crippen LogP contribution in [0.25, 0.3) is 0 Å². The van der Waals surface area contributed by atoms with Gasteiger partial charge in [-0.25, -0.2) is 5.43 Å². The van der Waals surface area contributed by atoms with Crippen LogP contribution in [0.3, 0.4) is 0 Å². The predicted octanol–water partition coefficient (Wildman–Crippen LogP) is 3.03. The van der Waals surface area contributed by atoms with Crippen LogP contribution in [0, 0.1) is 0 Å². The van der Waals surface area contributed by atoms with Gasteiger partial charge in [0.25, 0.3) is 5.91 Å². The molecule has 0 atom stereocenters. The smallest absolute Gasteiger partial charge is 0.259 e. The van der Waals surface area contributed by atoms with Gasteiger partial charge in [-0.15, -0.1) is 0 Å². The minimum absolute atomic E-state index is 0.124. The molecule has 126 valence electrons. The normalized spacial score (nSPS) is 10.5. The Morgan fingerprint density at radius 3 is 2.58 bits per heavy atom. The van der Waals surface area contributed by atoms with Crippen LogP contribution in [0.5, 0.6) is 11.5 Å². The predicted molar refractivity (Wildman–Crippen MR) is 97.9 cm³/mol. The summed E-state index contributed by atoms with van der Waals surface area (Å²) in [4.78, 5) is 11.8.